The van der Waals surface area contributed by atoms with Gasteiger partial charge in [-0.3, -0.25) is 9.59 Å². The summed E-state index contributed by atoms with van der Waals surface area (Å²) in [5.74, 6) is 0.779. The van der Waals surface area contributed by atoms with Gasteiger partial charge in [0, 0.05) is 32.5 Å². The van der Waals surface area contributed by atoms with Crippen LogP contribution in [0.1, 0.15) is 39.5 Å². The zero-order valence-electron chi connectivity index (χ0n) is 17.6. The van der Waals surface area contributed by atoms with Crippen LogP contribution in [0, 0.1) is 11.8 Å². The van der Waals surface area contributed by atoms with Gasteiger partial charge in [-0.15, -0.1) is 0 Å². The Morgan fingerprint density at radius 3 is 2.60 bits per heavy atom. The highest BCUT2D eigenvalue weighted by Gasteiger charge is 2.43. The Balaban J connectivity index is 1.47. The van der Waals surface area contributed by atoms with Crippen molar-refractivity contribution in [3.8, 4) is 0 Å². The first-order valence-electron chi connectivity index (χ1n) is 10.6. The summed E-state index contributed by atoms with van der Waals surface area (Å²) in [7, 11) is -3.67. The molecule has 164 valence electrons. The van der Waals surface area contributed by atoms with Gasteiger partial charge in [-0.2, -0.15) is 4.72 Å². The van der Waals surface area contributed by atoms with Crippen molar-refractivity contribution >= 4 is 27.5 Å². The van der Waals surface area contributed by atoms with Crippen LogP contribution in [-0.2, 0) is 19.6 Å². The molecule has 0 aromatic heterocycles. The maximum absolute atomic E-state index is 12.9. The van der Waals surface area contributed by atoms with Crippen molar-refractivity contribution in [3.05, 3.63) is 24.3 Å². The van der Waals surface area contributed by atoms with Crippen LogP contribution in [0.4, 0.5) is 5.69 Å². The van der Waals surface area contributed by atoms with Crippen molar-refractivity contribution in [1.29, 1.82) is 0 Å². The van der Waals surface area contributed by atoms with Gasteiger partial charge in [-0.1, -0.05) is 26.0 Å². The Kier molecular flexibility index (Phi) is 5.52. The second-order valence-electron chi connectivity index (χ2n) is 9.12. The van der Waals surface area contributed by atoms with Gasteiger partial charge in [0.1, 0.15) is 10.6 Å². The van der Waals surface area contributed by atoms with E-state index in [9.17, 15) is 18.0 Å². The number of carbonyl (C=O) groups excluding carboxylic acids is 2. The summed E-state index contributed by atoms with van der Waals surface area (Å²) in [5, 5.41) is 3.31. The van der Waals surface area contributed by atoms with Crippen LogP contribution in [0.3, 0.4) is 0 Å². The average molecular weight is 435 g/mol. The number of rotatable bonds is 2. The van der Waals surface area contributed by atoms with Crippen LogP contribution < -0.4 is 10.0 Å². The number of fused-ring (bicyclic) bond motifs is 1. The molecule has 8 nitrogen and oxygen atoms in total. The highest BCUT2D eigenvalue weighted by atomic mass is 32.2. The third-order valence-electron chi connectivity index (χ3n) is 6.35. The molecule has 3 heterocycles. The quantitative estimate of drug-likeness (QED) is 0.737. The maximum Gasteiger partial charge on any atom is 0.244 e. The van der Waals surface area contributed by atoms with Gasteiger partial charge in [-0.05, 0) is 36.8 Å². The molecule has 2 fully saturated rings. The minimum atomic E-state index is -3.67. The molecule has 30 heavy (non-hydrogen) atoms. The van der Waals surface area contributed by atoms with Crippen LogP contribution >= 0.6 is 0 Å². The van der Waals surface area contributed by atoms with Crippen molar-refractivity contribution in [2.45, 2.75) is 50.1 Å². The number of nitrogens with zero attached hydrogens (tertiary/aromatic N) is 2. The second-order valence-corrected chi connectivity index (χ2v) is 10.8. The van der Waals surface area contributed by atoms with E-state index >= 15 is 0 Å². The first-order chi connectivity index (χ1) is 14.2. The number of nitrogens with one attached hydrogen (secondary N) is 2. The lowest BCUT2D eigenvalue weighted by Crippen LogP contribution is -2.57. The average Bonchev–Trinajstić information content (AvgIpc) is 2.81. The van der Waals surface area contributed by atoms with Crippen LogP contribution in [0.15, 0.2) is 29.2 Å². The monoisotopic (exact) mass is 434 g/mol. The van der Waals surface area contributed by atoms with E-state index in [0.717, 1.165) is 19.5 Å². The molecule has 3 aliphatic rings. The van der Waals surface area contributed by atoms with Crippen molar-refractivity contribution < 1.29 is 18.0 Å². The van der Waals surface area contributed by atoms with E-state index in [4.69, 9.17) is 0 Å². The lowest BCUT2D eigenvalue weighted by Gasteiger charge is -2.39. The summed E-state index contributed by atoms with van der Waals surface area (Å²) < 4.78 is 28.3. The van der Waals surface area contributed by atoms with E-state index in [1.54, 1.807) is 29.2 Å². The van der Waals surface area contributed by atoms with Gasteiger partial charge in [0.15, 0.2) is 0 Å². The van der Waals surface area contributed by atoms with Gasteiger partial charge < -0.3 is 15.1 Å². The molecule has 3 atom stereocenters. The summed E-state index contributed by atoms with van der Waals surface area (Å²) in [6.45, 7) is 6.13. The second kappa shape index (κ2) is 7.85. The molecule has 4 rings (SSSR count). The summed E-state index contributed by atoms with van der Waals surface area (Å²) in [6.07, 6.45) is 2.02. The van der Waals surface area contributed by atoms with Gasteiger partial charge in [0.2, 0.25) is 21.8 Å². The van der Waals surface area contributed by atoms with E-state index < -0.39 is 15.7 Å². The molecule has 2 saturated heterocycles. The van der Waals surface area contributed by atoms with Crippen molar-refractivity contribution in [2.24, 2.45) is 11.8 Å². The zero-order valence-corrected chi connectivity index (χ0v) is 18.4. The molecule has 0 bridgehead atoms. The highest BCUT2D eigenvalue weighted by molar-refractivity contribution is 7.89. The summed E-state index contributed by atoms with van der Waals surface area (Å²) in [4.78, 5) is 29.3. The largest absolute Gasteiger partial charge is 0.365 e. The van der Waals surface area contributed by atoms with Gasteiger partial charge in [0.25, 0.3) is 0 Å². The molecule has 2 N–H and O–H groups in total. The fourth-order valence-corrected chi connectivity index (χ4v) is 6.52. The maximum atomic E-state index is 12.9. The van der Waals surface area contributed by atoms with Gasteiger partial charge in [-0.25, -0.2) is 8.42 Å². The molecule has 0 saturated carbocycles. The SMILES string of the molecule is CC1CC(C)CN(C(=O)CN2CCC3(CCC2=O)Nc2ccccc2S(=O)(=O)N3)C1. The number of hydrogen-bond donors (Lipinski definition) is 2. The fraction of sp³-hybridized carbons (Fsp3) is 0.619. The first kappa shape index (κ1) is 21.1. The zero-order chi connectivity index (χ0) is 21.5. The van der Waals surface area contributed by atoms with E-state index in [0.29, 0.717) is 36.9 Å². The number of carbonyl (C=O) groups is 2. The normalized spacial score (nSPS) is 31.1. The van der Waals surface area contributed by atoms with Gasteiger partial charge in [0.05, 0.1) is 12.2 Å². The fourth-order valence-electron chi connectivity index (χ4n) is 4.98. The molecule has 0 aliphatic carbocycles. The molecular formula is C21H30N4O4S. The molecule has 1 spiro atoms. The van der Waals surface area contributed by atoms with E-state index in [2.05, 4.69) is 23.9 Å². The molecule has 1 aromatic carbocycles. The Hall–Kier alpha value is -2.13. The standard InChI is InChI=1S/C21H30N4O4S/c1-15-11-16(2)13-25(12-15)20(27)14-24-10-9-21(8-7-19(24)26)22-17-5-3-4-6-18(17)30(28,29)23-21/h3-6,15-16,22-23H,7-14H2,1-2H3. The third kappa shape index (κ3) is 4.18. The number of piperidine rings is 1. The van der Waals surface area contributed by atoms with Gasteiger partial charge >= 0.3 is 0 Å². The van der Waals surface area contributed by atoms with Crippen molar-refractivity contribution in [2.75, 3.05) is 31.5 Å². The minimum absolute atomic E-state index is 0.0276. The smallest absolute Gasteiger partial charge is 0.244 e. The van der Waals surface area contributed by atoms with Crippen molar-refractivity contribution in [3.63, 3.8) is 0 Å². The van der Waals surface area contributed by atoms with Crippen LogP contribution in [-0.4, -0.2) is 61.9 Å². The van der Waals surface area contributed by atoms with Crippen LogP contribution in [0.5, 0.6) is 0 Å². The first-order valence-corrected chi connectivity index (χ1v) is 12.1. The number of hydrogen-bond acceptors (Lipinski definition) is 5. The number of benzene rings is 1. The molecule has 9 heteroatoms. The molecular weight excluding hydrogens is 404 g/mol. The molecule has 0 radical (unpaired) electrons. The Bertz CT molecular complexity index is 940. The lowest BCUT2D eigenvalue weighted by atomic mass is 9.92. The third-order valence-corrected chi connectivity index (χ3v) is 7.95. The Morgan fingerprint density at radius 1 is 1.17 bits per heavy atom. The number of para-hydroxylation sites is 1. The summed E-state index contributed by atoms with van der Waals surface area (Å²) >= 11 is 0. The lowest BCUT2D eigenvalue weighted by molar-refractivity contribution is -0.141. The van der Waals surface area contributed by atoms with E-state index in [1.165, 1.54) is 0 Å². The van der Waals surface area contributed by atoms with Crippen LogP contribution in [0.2, 0.25) is 0 Å². The summed E-state index contributed by atoms with van der Waals surface area (Å²) in [5.41, 5.74) is -0.376. The minimum Gasteiger partial charge on any atom is -0.365 e. The van der Waals surface area contributed by atoms with E-state index in [-0.39, 0.29) is 29.7 Å². The number of sulfonamides is 1. The van der Waals surface area contributed by atoms with Crippen LogP contribution in [0.25, 0.3) is 0 Å². The number of anilines is 1. The highest BCUT2D eigenvalue weighted by Crippen LogP contribution is 2.35. The summed E-state index contributed by atoms with van der Waals surface area (Å²) in [6, 6.07) is 6.77. The number of likely N-dealkylation sites (tertiary alicyclic amines) is 2. The molecule has 2 amide bonds. The predicted octanol–water partition coefficient (Wildman–Crippen LogP) is 1.60. The van der Waals surface area contributed by atoms with E-state index in [1.807, 2.05) is 4.90 Å². The van der Waals surface area contributed by atoms with Crippen molar-refractivity contribution in [1.82, 2.24) is 14.5 Å². The molecule has 1 aromatic rings. The predicted molar refractivity (Wildman–Crippen MR) is 113 cm³/mol. The topological polar surface area (TPSA) is 98.8 Å². The Morgan fingerprint density at radius 2 is 1.87 bits per heavy atom. The molecule has 3 unspecified atom stereocenters. The number of amides is 2. The molecule has 3 aliphatic heterocycles. The Labute approximate surface area is 178 Å².